The van der Waals surface area contributed by atoms with Gasteiger partial charge in [0.25, 0.3) is 0 Å². The van der Waals surface area contributed by atoms with Crippen molar-refractivity contribution in [2.45, 2.75) is 20.3 Å². The van der Waals surface area contributed by atoms with Crippen molar-refractivity contribution in [1.29, 1.82) is 0 Å². The summed E-state index contributed by atoms with van der Waals surface area (Å²) >= 11 is 0. The number of hydrogen-bond acceptors (Lipinski definition) is 2. The van der Waals surface area contributed by atoms with Gasteiger partial charge in [-0.15, -0.1) is 0 Å². The first-order valence-corrected chi connectivity index (χ1v) is 6.52. The third-order valence-corrected chi connectivity index (χ3v) is 3.46. The molecule has 0 aliphatic carbocycles. The summed E-state index contributed by atoms with van der Waals surface area (Å²) in [6.07, 6.45) is 2.98. The Morgan fingerprint density at radius 3 is 2.53 bits per heavy atom. The molecule has 3 heteroatoms. The lowest BCUT2D eigenvalue weighted by molar-refractivity contribution is 1.13. The Kier molecular flexibility index (Phi) is 2.75. The van der Waals surface area contributed by atoms with E-state index in [2.05, 4.69) is 40.6 Å². The van der Waals surface area contributed by atoms with Gasteiger partial charge in [0.05, 0.1) is 11.2 Å². The number of benzene rings is 1. The van der Waals surface area contributed by atoms with E-state index in [1.807, 2.05) is 25.3 Å². The van der Waals surface area contributed by atoms with E-state index < -0.39 is 0 Å². The summed E-state index contributed by atoms with van der Waals surface area (Å²) in [4.78, 5) is 4.66. The Bertz CT molecular complexity index is 724. The van der Waals surface area contributed by atoms with Gasteiger partial charge in [-0.05, 0) is 31.0 Å². The topological polar surface area (TPSA) is 43.3 Å². The highest BCUT2D eigenvalue weighted by Gasteiger charge is 2.09. The van der Waals surface area contributed by atoms with Crippen LogP contribution < -0.4 is 5.73 Å². The quantitative estimate of drug-likeness (QED) is 0.758. The van der Waals surface area contributed by atoms with E-state index in [-0.39, 0.29) is 0 Å². The number of nitrogens with zero attached hydrogens (tertiary/aromatic N) is 2. The van der Waals surface area contributed by atoms with Crippen LogP contribution in [0.15, 0.2) is 42.6 Å². The predicted molar refractivity (Wildman–Crippen MR) is 79.2 cm³/mol. The smallest absolute Gasteiger partial charge is 0.144 e. The largest absolute Gasteiger partial charge is 0.398 e. The number of imidazole rings is 1. The van der Waals surface area contributed by atoms with Crippen LogP contribution in [0, 0.1) is 6.92 Å². The molecule has 3 rings (SSSR count). The lowest BCUT2D eigenvalue weighted by Gasteiger charge is -2.03. The number of nitrogen functional groups attached to an aromatic ring is 1. The van der Waals surface area contributed by atoms with Gasteiger partial charge in [-0.1, -0.05) is 31.2 Å². The molecule has 0 unspecified atom stereocenters. The van der Waals surface area contributed by atoms with Crippen molar-refractivity contribution in [2.24, 2.45) is 0 Å². The van der Waals surface area contributed by atoms with E-state index >= 15 is 0 Å². The molecule has 0 atom stereocenters. The number of anilines is 1. The lowest BCUT2D eigenvalue weighted by Crippen LogP contribution is -1.93. The molecule has 0 spiro atoms. The van der Waals surface area contributed by atoms with Crippen molar-refractivity contribution in [2.75, 3.05) is 5.73 Å². The van der Waals surface area contributed by atoms with Gasteiger partial charge in [-0.25, -0.2) is 4.98 Å². The summed E-state index contributed by atoms with van der Waals surface area (Å²) in [6, 6.07) is 12.5. The molecule has 0 saturated heterocycles. The minimum absolute atomic E-state index is 0.747. The summed E-state index contributed by atoms with van der Waals surface area (Å²) in [6.45, 7) is 4.18. The summed E-state index contributed by atoms with van der Waals surface area (Å²) in [7, 11) is 0. The first-order valence-electron chi connectivity index (χ1n) is 6.52. The summed E-state index contributed by atoms with van der Waals surface area (Å²) in [5.74, 6) is 0.947. The molecule has 0 fully saturated rings. The van der Waals surface area contributed by atoms with Crippen LogP contribution in [0.4, 0.5) is 5.69 Å². The SMILES string of the molecule is CCc1ccc(-c2nc(C)c3ccc(N)cn23)cc1. The number of fused-ring (bicyclic) bond motifs is 1. The average Bonchev–Trinajstić information content (AvgIpc) is 2.75. The van der Waals surface area contributed by atoms with E-state index in [1.165, 1.54) is 5.56 Å². The Balaban J connectivity index is 2.20. The second-order valence-corrected chi connectivity index (χ2v) is 4.79. The van der Waals surface area contributed by atoms with Gasteiger partial charge in [-0.2, -0.15) is 0 Å². The van der Waals surface area contributed by atoms with E-state index in [9.17, 15) is 0 Å². The molecule has 0 amide bonds. The van der Waals surface area contributed by atoms with Crippen molar-refractivity contribution >= 4 is 11.2 Å². The highest BCUT2D eigenvalue weighted by molar-refractivity contribution is 5.67. The molecule has 2 aromatic heterocycles. The van der Waals surface area contributed by atoms with Gasteiger partial charge in [0.15, 0.2) is 0 Å². The maximum atomic E-state index is 5.88. The molecule has 0 saturated carbocycles. The maximum Gasteiger partial charge on any atom is 0.144 e. The fourth-order valence-corrected chi connectivity index (χ4v) is 2.35. The maximum absolute atomic E-state index is 5.88. The summed E-state index contributed by atoms with van der Waals surface area (Å²) < 4.78 is 2.06. The lowest BCUT2D eigenvalue weighted by atomic mass is 10.1. The summed E-state index contributed by atoms with van der Waals surface area (Å²) in [5, 5.41) is 0. The van der Waals surface area contributed by atoms with Gasteiger partial charge in [0, 0.05) is 17.4 Å². The molecular formula is C16H17N3. The van der Waals surface area contributed by atoms with Gasteiger partial charge in [0.1, 0.15) is 5.82 Å². The predicted octanol–water partition coefficient (Wildman–Crippen LogP) is 3.45. The molecule has 2 heterocycles. The highest BCUT2D eigenvalue weighted by Crippen LogP contribution is 2.24. The number of pyridine rings is 1. The normalized spacial score (nSPS) is 11.1. The van der Waals surface area contributed by atoms with E-state index in [0.717, 1.165) is 34.7 Å². The van der Waals surface area contributed by atoms with Crippen LogP contribution in [-0.4, -0.2) is 9.38 Å². The van der Waals surface area contributed by atoms with E-state index in [4.69, 9.17) is 5.73 Å². The van der Waals surface area contributed by atoms with E-state index in [0.29, 0.717) is 0 Å². The zero-order valence-electron chi connectivity index (χ0n) is 11.2. The van der Waals surface area contributed by atoms with Crippen LogP contribution >= 0.6 is 0 Å². The molecule has 0 radical (unpaired) electrons. The van der Waals surface area contributed by atoms with Crippen molar-refractivity contribution in [3.8, 4) is 11.4 Å². The molecule has 3 nitrogen and oxygen atoms in total. The van der Waals surface area contributed by atoms with E-state index in [1.54, 1.807) is 0 Å². The fourth-order valence-electron chi connectivity index (χ4n) is 2.35. The third-order valence-electron chi connectivity index (χ3n) is 3.46. The minimum Gasteiger partial charge on any atom is -0.398 e. The number of hydrogen-bond donors (Lipinski definition) is 1. The van der Waals surface area contributed by atoms with Gasteiger partial charge >= 0.3 is 0 Å². The molecule has 0 aliphatic heterocycles. The van der Waals surface area contributed by atoms with Crippen LogP contribution in [-0.2, 0) is 6.42 Å². The summed E-state index contributed by atoms with van der Waals surface area (Å²) in [5.41, 5.74) is 11.2. The van der Waals surface area contributed by atoms with Crippen LogP contribution in [0.25, 0.3) is 16.9 Å². The fraction of sp³-hybridized carbons (Fsp3) is 0.188. The number of nitrogens with two attached hydrogens (primary N) is 1. The van der Waals surface area contributed by atoms with Crippen LogP contribution in [0.3, 0.4) is 0 Å². The second-order valence-electron chi connectivity index (χ2n) is 4.79. The van der Waals surface area contributed by atoms with Crippen LogP contribution in [0.5, 0.6) is 0 Å². The first kappa shape index (κ1) is 11.8. The van der Waals surface area contributed by atoms with Gasteiger partial charge in [0.2, 0.25) is 0 Å². The molecular weight excluding hydrogens is 234 g/mol. The molecule has 2 N–H and O–H groups in total. The van der Waals surface area contributed by atoms with Crippen LogP contribution in [0.2, 0.25) is 0 Å². The van der Waals surface area contributed by atoms with Crippen molar-refractivity contribution in [3.05, 3.63) is 53.9 Å². The molecule has 1 aromatic carbocycles. The monoisotopic (exact) mass is 251 g/mol. The van der Waals surface area contributed by atoms with Crippen molar-refractivity contribution < 1.29 is 0 Å². The molecule has 0 bridgehead atoms. The number of aryl methyl sites for hydroxylation is 2. The van der Waals surface area contributed by atoms with Gasteiger partial charge < -0.3 is 5.73 Å². The second kappa shape index (κ2) is 4.43. The molecule has 19 heavy (non-hydrogen) atoms. The molecule has 3 aromatic rings. The average molecular weight is 251 g/mol. The van der Waals surface area contributed by atoms with Crippen LogP contribution in [0.1, 0.15) is 18.2 Å². The highest BCUT2D eigenvalue weighted by atomic mass is 15.0. The Labute approximate surface area is 112 Å². The molecule has 96 valence electrons. The zero-order chi connectivity index (χ0) is 13.4. The van der Waals surface area contributed by atoms with Crippen molar-refractivity contribution in [1.82, 2.24) is 9.38 Å². The Morgan fingerprint density at radius 2 is 1.84 bits per heavy atom. The standard InChI is InChI=1S/C16H17N3/c1-3-12-4-6-13(7-5-12)16-18-11(2)15-9-8-14(17)10-19(15)16/h4-10H,3,17H2,1-2H3. The number of aromatic nitrogens is 2. The Hall–Kier alpha value is -2.29. The van der Waals surface area contributed by atoms with Gasteiger partial charge in [-0.3, -0.25) is 4.40 Å². The molecule has 0 aliphatic rings. The zero-order valence-corrected chi connectivity index (χ0v) is 11.2. The van der Waals surface area contributed by atoms with Crippen molar-refractivity contribution in [3.63, 3.8) is 0 Å². The first-order chi connectivity index (χ1) is 9.19. The third kappa shape index (κ3) is 1.97. The minimum atomic E-state index is 0.747. The number of rotatable bonds is 2. The Morgan fingerprint density at radius 1 is 1.11 bits per heavy atom.